The van der Waals surface area contributed by atoms with Crippen LogP contribution in [0.1, 0.15) is 27.2 Å². The normalized spacial score (nSPS) is 14.9. The van der Waals surface area contributed by atoms with Crippen molar-refractivity contribution in [3.63, 3.8) is 0 Å². The van der Waals surface area contributed by atoms with E-state index in [1.165, 1.54) is 6.42 Å². The zero-order valence-corrected chi connectivity index (χ0v) is 9.99. The topological polar surface area (TPSA) is 53.6 Å². The Morgan fingerprint density at radius 2 is 2.00 bits per heavy atom. The quantitative estimate of drug-likeness (QED) is 0.829. The first-order valence-electron chi connectivity index (χ1n) is 5.77. The molecule has 2 rings (SSSR count). The monoisotopic (exact) mass is 218 g/mol. The summed E-state index contributed by atoms with van der Waals surface area (Å²) in [5, 5.41) is 14.2. The van der Waals surface area contributed by atoms with Gasteiger partial charge in [0.15, 0.2) is 0 Å². The SMILES string of the molecule is CCC(C)C(C)Nc1ccc2n[nH]nc2c1. The van der Waals surface area contributed by atoms with Crippen molar-refractivity contribution in [2.45, 2.75) is 33.2 Å². The van der Waals surface area contributed by atoms with Crippen LogP contribution in [0.4, 0.5) is 5.69 Å². The number of anilines is 1. The van der Waals surface area contributed by atoms with Crippen LogP contribution < -0.4 is 5.32 Å². The predicted octanol–water partition coefficient (Wildman–Crippen LogP) is 2.80. The number of aromatic nitrogens is 3. The van der Waals surface area contributed by atoms with Crippen molar-refractivity contribution in [1.82, 2.24) is 15.4 Å². The summed E-state index contributed by atoms with van der Waals surface area (Å²) < 4.78 is 0. The van der Waals surface area contributed by atoms with Gasteiger partial charge in [-0.05, 0) is 31.0 Å². The van der Waals surface area contributed by atoms with E-state index in [1.807, 2.05) is 18.2 Å². The second kappa shape index (κ2) is 4.51. The number of rotatable bonds is 4. The fraction of sp³-hybridized carbons (Fsp3) is 0.500. The van der Waals surface area contributed by atoms with Gasteiger partial charge in [-0.3, -0.25) is 0 Å². The van der Waals surface area contributed by atoms with Gasteiger partial charge in [-0.1, -0.05) is 20.3 Å². The Balaban J connectivity index is 2.14. The van der Waals surface area contributed by atoms with E-state index in [9.17, 15) is 0 Å². The summed E-state index contributed by atoms with van der Waals surface area (Å²) in [4.78, 5) is 0. The molecular formula is C12H18N4. The molecule has 86 valence electrons. The van der Waals surface area contributed by atoms with Crippen LogP contribution in [0.2, 0.25) is 0 Å². The summed E-state index contributed by atoms with van der Waals surface area (Å²) in [6.45, 7) is 6.68. The smallest absolute Gasteiger partial charge is 0.115 e. The van der Waals surface area contributed by atoms with E-state index in [4.69, 9.17) is 0 Å². The first-order valence-corrected chi connectivity index (χ1v) is 5.77. The lowest BCUT2D eigenvalue weighted by atomic mass is 10.0. The van der Waals surface area contributed by atoms with E-state index in [0.717, 1.165) is 16.7 Å². The van der Waals surface area contributed by atoms with Crippen molar-refractivity contribution in [1.29, 1.82) is 0 Å². The lowest BCUT2D eigenvalue weighted by molar-refractivity contribution is 0.495. The van der Waals surface area contributed by atoms with E-state index in [-0.39, 0.29) is 0 Å². The van der Waals surface area contributed by atoms with E-state index >= 15 is 0 Å². The minimum atomic E-state index is 0.467. The van der Waals surface area contributed by atoms with Gasteiger partial charge in [0.25, 0.3) is 0 Å². The van der Waals surface area contributed by atoms with Crippen LogP contribution in [0, 0.1) is 5.92 Å². The Morgan fingerprint density at radius 3 is 2.75 bits per heavy atom. The molecule has 0 saturated heterocycles. The van der Waals surface area contributed by atoms with E-state index in [2.05, 4.69) is 41.5 Å². The molecule has 0 aliphatic heterocycles. The second-order valence-corrected chi connectivity index (χ2v) is 4.35. The van der Waals surface area contributed by atoms with Crippen LogP contribution in [0.15, 0.2) is 18.2 Å². The maximum Gasteiger partial charge on any atom is 0.115 e. The van der Waals surface area contributed by atoms with Crippen molar-refractivity contribution < 1.29 is 0 Å². The van der Waals surface area contributed by atoms with Crippen molar-refractivity contribution in [2.75, 3.05) is 5.32 Å². The third-order valence-electron chi connectivity index (χ3n) is 3.21. The molecule has 0 saturated carbocycles. The van der Waals surface area contributed by atoms with Crippen molar-refractivity contribution in [3.05, 3.63) is 18.2 Å². The molecule has 2 atom stereocenters. The number of fused-ring (bicyclic) bond motifs is 1. The summed E-state index contributed by atoms with van der Waals surface area (Å²) in [6, 6.07) is 6.51. The summed E-state index contributed by atoms with van der Waals surface area (Å²) in [7, 11) is 0. The van der Waals surface area contributed by atoms with Gasteiger partial charge in [-0.2, -0.15) is 15.4 Å². The summed E-state index contributed by atoms with van der Waals surface area (Å²) in [6.07, 6.45) is 1.18. The van der Waals surface area contributed by atoms with Crippen LogP contribution in [0.3, 0.4) is 0 Å². The average Bonchev–Trinajstić information content (AvgIpc) is 2.75. The maximum absolute atomic E-state index is 4.08. The van der Waals surface area contributed by atoms with Gasteiger partial charge in [0.2, 0.25) is 0 Å². The number of nitrogens with zero attached hydrogens (tertiary/aromatic N) is 2. The molecule has 0 aliphatic carbocycles. The number of aromatic amines is 1. The first kappa shape index (κ1) is 10.9. The van der Waals surface area contributed by atoms with Gasteiger partial charge in [0.1, 0.15) is 11.0 Å². The van der Waals surface area contributed by atoms with Gasteiger partial charge in [0.05, 0.1) is 0 Å². The first-order chi connectivity index (χ1) is 7.70. The third-order valence-corrected chi connectivity index (χ3v) is 3.21. The molecule has 0 spiro atoms. The fourth-order valence-electron chi connectivity index (χ4n) is 1.69. The van der Waals surface area contributed by atoms with Crippen molar-refractivity contribution in [2.24, 2.45) is 5.92 Å². The minimum Gasteiger partial charge on any atom is -0.382 e. The van der Waals surface area contributed by atoms with Crippen molar-refractivity contribution >= 4 is 16.7 Å². The molecule has 4 heteroatoms. The van der Waals surface area contributed by atoms with E-state index in [0.29, 0.717) is 12.0 Å². The van der Waals surface area contributed by atoms with Gasteiger partial charge in [0, 0.05) is 11.7 Å². The third kappa shape index (κ3) is 2.15. The molecule has 0 bridgehead atoms. The molecule has 2 N–H and O–H groups in total. The van der Waals surface area contributed by atoms with Gasteiger partial charge in [-0.25, -0.2) is 0 Å². The fourth-order valence-corrected chi connectivity index (χ4v) is 1.69. The predicted molar refractivity (Wildman–Crippen MR) is 66.4 cm³/mol. The van der Waals surface area contributed by atoms with Crippen LogP contribution in [0.5, 0.6) is 0 Å². The molecule has 1 aromatic carbocycles. The molecule has 0 fully saturated rings. The lowest BCUT2D eigenvalue weighted by Crippen LogP contribution is -2.23. The molecule has 2 unspecified atom stereocenters. The molecule has 1 heterocycles. The highest BCUT2D eigenvalue weighted by Gasteiger charge is 2.10. The summed E-state index contributed by atoms with van der Waals surface area (Å²) in [5.41, 5.74) is 2.91. The van der Waals surface area contributed by atoms with E-state index < -0.39 is 0 Å². The summed E-state index contributed by atoms with van der Waals surface area (Å²) in [5.74, 6) is 0.660. The standard InChI is InChI=1S/C12H18N4/c1-4-8(2)9(3)13-10-5-6-11-12(7-10)15-16-14-11/h5-9,13H,4H2,1-3H3,(H,14,15,16). The van der Waals surface area contributed by atoms with Crippen LogP contribution in [0.25, 0.3) is 11.0 Å². The molecule has 0 aliphatic rings. The Bertz CT molecular complexity index is 463. The average molecular weight is 218 g/mol. The Labute approximate surface area is 95.4 Å². The zero-order valence-electron chi connectivity index (χ0n) is 9.99. The number of hydrogen-bond donors (Lipinski definition) is 2. The molecule has 1 aromatic heterocycles. The second-order valence-electron chi connectivity index (χ2n) is 4.35. The molecule has 0 radical (unpaired) electrons. The highest BCUT2D eigenvalue weighted by atomic mass is 15.3. The van der Waals surface area contributed by atoms with Crippen LogP contribution in [-0.4, -0.2) is 21.5 Å². The molecule has 16 heavy (non-hydrogen) atoms. The molecule has 0 amide bonds. The Morgan fingerprint density at radius 1 is 1.25 bits per heavy atom. The van der Waals surface area contributed by atoms with Gasteiger partial charge < -0.3 is 5.32 Å². The van der Waals surface area contributed by atoms with Crippen LogP contribution in [-0.2, 0) is 0 Å². The number of H-pyrrole nitrogens is 1. The lowest BCUT2D eigenvalue weighted by Gasteiger charge is -2.20. The Hall–Kier alpha value is -1.58. The minimum absolute atomic E-state index is 0.467. The van der Waals surface area contributed by atoms with Gasteiger partial charge in [-0.15, -0.1) is 0 Å². The van der Waals surface area contributed by atoms with Crippen LogP contribution >= 0.6 is 0 Å². The van der Waals surface area contributed by atoms with Crippen molar-refractivity contribution in [3.8, 4) is 0 Å². The van der Waals surface area contributed by atoms with E-state index in [1.54, 1.807) is 0 Å². The highest BCUT2D eigenvalue weighted by molar-refractivity contribution is 5.77. The summed E-state index contributed by atoms with van der Waals surface area (Å²) >= 11 is 0. The van der Waals surface area contributed by atoms with Gasteiger partial charge >= 0.3 is 0 Å². The maximum atomic E-state index is 4.08. The Kier molecular flexibility index (Phi) is 3.08. The molecule has 4 nitrogen and oxygen atoms in total. The number of benzene rings is 1. The molecule has 2 aromatic rings. The molecular weight excluding hydrogens is 200 g/mol. The highest BCUT2D eigenvalue weighted by Crippen LogP contribution is 2.18. The number of hydrogen-bond acceptors (Lipinski definition) is 3. The number of nitrogens with one attached hydrogen (secondary N) is 2. The largest absolute Gasteiger partial charge is 0.382 e. The zero-order chi connectivity index (χ0) is 11.5.